The number of hydrogen-bond acceptors (Lipinski definition) is 7. The van der Waals surface area contributed by atoms with Gasteiger partial charge in [-0.1, -0.05) is 12.1 Å². The van der Waals surface area contributed by atoms with Crippen LogP contribution in [0.4, 0.5) is 17.2 Å². The number of hydrogen-bond donors (Lipinski definition) is 2. The molecule has 0 aliphatic carbocycles. The first-order chi connectivity index (χ1) is 17.1. The van der Waals surface area contributed by atoms with Crippen molar-refractivity contribution >= 4 is 39.6 Å². The molecule has 1 saturated heterocycles. The summed E-state index contributed by atoms with van der Waals surface area (Å²) >= 11 is 0. The number of likely N-dealkylation sites (N-methyl/N-ethyl adjacent to an activating group) is 1. The average molecular weight is 467 g/mol. The van der Waals surface area contributed by atoms with Gasteiger partial charge in [0.05, 0.1) is 35.7 Å². The molecule has 2 aromatic carbocycles. The number of ether oxygens (including phenoxy) is 1. The molecule has 7 rings (SSSR count). The van der Waals surface area contributed by atoms with Crippen LogP contribution in [0.2, 0.25) is 0 Å². The van der Waals surface area contributed by atoms with Crippen LogP contribution < -0.4 is 15.0 Å². The highest BCUT2D eigenvalue weighted by molar-refractivity contribution is 5.98. The molecule has 1 amide bonds. The molecule has 0 spiro atoms. The molecular weight excluding hydrogens is 444 g/mol. The van der Waals surface area contributed by atoms with Crippen LogP contribution in [0.3, 0.4) is 0 Å². The van der Waals surface area contributed by atoms with Crippen molar-refractivity contribution in [2.24, 2.45) is 0 Å². The first-order valence-corrected chi connectivity index (χ1v) is 11.4. The lowest BCUT2D eigenvalue weighted by Crippen LogP contribution is -2.59. The first kappa shape index (κ1) is 20.0. The van der Waals surface area contributed by atoms with Crippen LogP contribution in [0.15, 0.2) is 61.2 Å². The molecule has 5 aromatic rings. The summed E-state index contributed by atoms with van der Waals surface area (Å²) in [5, 5.41) is 11.6. The summed E-state index contributed by atoms with van der Waals surface area (Å²) in [4.78, 5) is 26.0. The van der Waals surface area contributed by atoms with Crippen LogP contribution in [-0.4, -0.2) is 68.2 Å². The Morgan fingerprint density at radius 2 is 2.14 bits per heavy atom. The summed E-state index contributed by atoms with van der Waals surface area (Å²) in [5.74, 6) is 1.41. The highest BCUT2D eigenvalue weighted by Crippen LogP contribution is 2.38. The predicted molar refractivity (Wildman–Crippen MR) is 132 cm³/mol. The van der Waals surface area contributed by atoms with Gasteiger partial charge in [0, 0.05) is 47.8 Å². The number of aromatic nitrogens is 5. The van der Waals surface area contributed by atoms with Crippen LogP contribution in [0, 0.1) is 0 Å². The van der Waals surface area contributed by atoms with Crippen molar-refractivity contribution < 1.29 is 9.53 Å². The minimum atomic E-state index is 0.0302. The topological polar surface area (TPSA) is 104 Å². The molecule has 2 aliphatic heterocycles. The SMILES string of the molecule is CN1CC(=O)N2c3ccc(Nc4nc(-c5ccc6cn[nH]c6c5)cn5ccnc45)cc3OC[C@H]2C1. The number of piperazine rings is 1. The molecular formula is C25H22N8O2. The molecule has 2 N–H and O–H groups in total. The van der Waals surface area contributed by atoms with Gasteiger partial charge in [0.1, 0.15) is 12.4 Å². The van der Waals surface area contributed by atoms with E-state index in [9.17, 15) is 4.79 Å². The second-order valence-electron chi connectivity index (χ2n) is 9.04. The zero-order chi connectivity index (χ0) is 23.5. The number of anilines is 3. The maximum Gasteiger partial charge on any atom is 0.241 e. The number of rotatable bonds is 3. The third-order valence-corrected chi connectivity index (χ3v) is 6.59. The Morgan fingerprint density at radius 3 is 3.09 bits per heavy atom. The largest absolute Gasteiger partial charge is 0.489 e. The predicted octanol–water partition coefficient (Wildman–Crippen LogP) is 3.06. The van der Waals surface area contributed by atoms with Gasteiger partial charge in [-0.05, 0) is 25.2 Å². The quantitative estimate of drug-likeness (QED) is 0.421. The van der Waals surface area contributed by atoms with E-state index in [0.29, 0.717) is 30.4 Å². The van der Waals surface area contributed by atoms with Crippen LogP contribution >= 0.6 is 0 Å². The Hall–Kier alpha value is -4.44. The normalized spacial score (nSPS) is 17.9. The molecule has 3 aromatic heterocycles. The minimum absolute atomic E-state index is 0.0302. The van der Waals surface area contributed by atoms with E-state index in [1.807, 2.05) is 70.0 Å². The zero-order valence-corrected chi connectivity index (χ0v) is 19.0. The number of fused-ring (bicyclic) bond motifs is 5. The van der Waals surface area contributed by atoms with Crippen LogP contribution in [0.25, 0.3) is 27.8 Å². The summed E-state index contributed by atoms with van der Waals surface area (Å²) in [6, 6.07) is 11.9. The fourth-order valence-electron chi connectivity index (χ4n) is 4.96. The maximum atomic E-state index is 12.7. The van der Waals surface area contributed by atoms with Gasteiger partial charge in [0.2, 0.25) is 5.91 Å². The Labute approximate surface area is 200 Å². The lowest BCUT2D eigenvalue weighted by Gasteiger charge is -2.43. The van der Waals surface area contributed by atoms with Crippen molar-refractivity contribution in [3.05, 3.63) is 61.2 Å². The smallest absolute Gasteiger partial charge is 0.241 e. The van der Waals surface area contributed by atoms with Crippen molar-refractivity contribution in [2.45, 2.75) is 6.04 Å². The molecule has 0 saturated carbocycles. The minimum Gasteiger partial charge on any atom is -0.489 e. The summed E-state index contributed by atoms with van der Waals surface area (Å²) in [5.41, 5.74) is 5.05. The lowest BCUT2D eigenvalue weighted by atomic mass is 10.1. The molecule has 0 bridgehead atoms. The van der Waals surface area contributed by atoms with E-state index in [1.54, 1.807) is 12.4 Å². The van der Waals surface area contributed by atoms with Gasteiger partial charge < -0.3 is 19.4 Å². The fraction of sp³-hybridized carbons (Fsp3) is 0.200. The van der Waals surface area contributed by atoms with Crippen LogP contribution in [0.1, 0.15) is 0 Å². The number of benzene rings is 2. The zero-order valence-electron chi connectivity index (χ0n) is 19.0. The number of amides is 1. The monoisotopic (exact) mass is 466 g/mol. The van der Waals surface area contributed by atoms with E-state index >= 15 is 0 Å². The lowest BCUT2D eigenvalue weighted by molar-refractivity contribution is -0.122. The van der Waals surface area contributed by atoms with Gasteiger partial charge in [0.25, 0.3) is 0 Å². The summed E-state index contributed by atoms with van der Waals surface area (Å²) in [6.07, 6.45) is 7.41. The molecule has 10 nitrogen and oxygen atoms in total. The van der Waals surface area contributed by atoms with Gasteiger partial charge in [-0.2, -0.15) is 5.10 Å². The molecule has 1 atom stereocenters. The van der Waals surface area contributed by atoms with E-state index in [-0.39, 0.29) is 11.9 Å². The van der Waals surface area contributed by atoms with E-state index in [1.165, 1.54) is 0 Å². The highest BCUT2D eigenvalue weighted by atomic mass is 16.5. The number of aromatic amines is 1. The number of imidazole rings is 1. The van der Waals surface area contributed by atoms with E-state index in [0.717, 1.165) is 40.1 Å². The molecule has 5 heterocycles. The van der Waals surface area contributed by atoms with E-state index in [4.69, 9.17) is 9.72 Å². The van der Waals surface area contributed by atoms with Gasteiger partial charge in [-0.25, -0.2) is 9.97 Å². The highest BCUT2D eigenvalue weighted by Gasteiger charge is 2.37. The molecule has 0 radical (unpaired) electrons. The molecule has 0 unspecified atom stereocenters. The van der Waals surface area contributed by atoms with Crippen molar-refractivity contribution in [1.82, 2.24) is 29.5 Å². The van der Waals surface area contributed by atoms with Crippen molar-refractivity contribution in [1.29, 1.82) is 0 Å². The Bertz CT molecular complexity index is 1610. The van der Waals surface area contributed by atoms with Crippen LogP contribution in [0.5, 0.6) is 5.75 Å². The third kappa shape index (κ3) is 3.29. The van der Waals surface area contributed by atoms with Gasteiger partial charge >= 0.3 is 0 Å². The van der Waals surface area contributed by atoms with E-state index in [2.05, 4.69) is 20.5 Å². The molecule has 35 heavy (non-hydrogen) atoms. The fourth-order valence-corrected chi connectivity index (χ4v) is 4.96. The van der Waals surface area contributed by atoms with Crippen molar-refractivity contribution in [2.75, 3.05) is 37.0 Å². The molecule has 1 fully saturated rings. The number of nitrogens with zero attached hydrogens (tertiary/aromatic N) is 6. The number of carbonyl (C=O) groups excluding carboxylic acids is 1. The Balaban J connectivity index is 1.25. The van der Waals surface area contributed by atoms with E-state index < -0.39 is 0 Å². The third-order valence-electron chi connectivity index (χ3n) is 6.59. The van der Waals surface area contributed by atoms with Gasteiger partial charge in [0.15, 0.2) is 11.5 Å². The van der Waals surface area contributed by atoms with Crippen LogP contribution in [-0.2, 0) is 4.79 Å². The molecule has 10 heteroatoms. The second-order valence-corrected chi connectivity index (χ2v) is 9.04. The molecule has 2 aliphatic rings. The maximum absolute atomic E-state index is 12.7. The first-order valence-electron chi connectivity index (χ1n) is 11.4. The number of carbonyl (C=O) groups is 1. The van der Waals surface area contributed by atoms with Gasteiger partial charge in [-0.3, -0.25) is 14.8 Å². The Kier molecular flexibility index (Phi) is 4.30. The molecule has 174 valence electrons. The Morgan fingerprint density at radius 1 is 1.20 bits per heavy atom. The number of nitrogens with one attached hydrogen (secondary N) is 2. The average Bonchev–Trinajstić information content (AvgIpc) is 3.52. The standard InChI is InChI=1S/C25H22N8O2/c1-31-11-18-14-35-22-9-17(4-5-21(22)33(18)23(34)13-31)28-24-25-26-6-7-32(25)12-20(29-24)15-2-3-16-10-27-30-19(16)8-15/h2-10,12,18H,11,13-14H2,1H3,(H,27,30)(H,28,29)/t18-/m1/s1. The van der Waals surface area contributed by atoms with Crippen molar-refractivity contribution in [3.8, 4) is 17.0 Å². The van der Waals surface area contributed by atoms with Crippen molar-refractivity contribution in [3.63, 3.8) is 0 Å². The second kappa shape index (κ2) is 7.54. The summed E-state index contributed by atoms with van der Waals surface area (Å²) in [7, 11) is 1.96. The summed E-state index contributed by atoms with van der Waals surface area (Å²) in [6.45, 7) is 1.68. The summed E-state index contributed by atoms with van der Waals surface area (Å²) < 4.78 is 8.00. The number of H-pyrrole nitrogens is 1. The van der Waals surface area contributed by atoms with Gasteiger partial charge in [-0.15, -0.1) is 0 Å².